The molecule has 1 N–H and O–H groups in total. The molecule has 122 valence electrons. The fourth-order valence-electron chi connectivity index (χ4n) is 2.62. The number of carboxylic acids is 1. The molecule has 1 aromatic heterocycles. The number of ether oxygens (including phenoxy) is 1. The van der Waals surface area contributed by atoms with Gasteiger partial charge in [0.1, 0.15) is 0 Å². The van der Waals surface area contributed by atoms with E-state index in [1.165, 1.54) is 4.90 Å². The van der Waals surface area contributed by atoms with Gasteiger partial charge in [-0.05, 0) is 27.2 Å². The van der Waals surface area contributed by atoms with E-state index in [1.54, 1.807) is 6.20 Å². The molecule has 0 saturated carbocycles. The zero-order chi connectivity index (χ0) is 16.5. The molecule has 1 atom stereocenters. The summed E-state index contributed by atoms with van der Waals surface area (Å²) in [4.78, 5) is 25.3. The second-order valence-electron chi connectivity index (χ2n) is 6.39. The molecule has 0 spiro atoms. The summed E-state index contributed by atoms with van der Waals surface area (Å²) in [5.41, 5.74) is 1.21. The zero-order valence-corrected chi connectivity index (χ0v) is 13.5. The molecular formula is C15H23N3O4. The van der Waals surface area contributed by atoms with E-state index in [1.807, 2.05) is 32.4 Å². The molecule has 0 aliphatic carbocycles. The summed E-state index contributed by atoms with van der Waals surface area (Å²) < 4.78 is 7.01. The third-order valence-electron chi connectivity index (χ3n) is 3.70. The molecule has 2 rings (SSSR count). The lowest BCUT2D eigenvalue weighted by Gasteiger charge is -2.31. The van der Waals surface area contributed by atoms with E-state index in [4.69, 9.17) is 9.84 Å². The molecule has 22 heavy (non-hydrogen) atoms. The van der Waals surface area contributed by atoms with E-state index in [9.17, 15) is 9.59 Å². The fraction of sp³-hybridized carbons (Fsp3) is 0.667. The number of carbonyl (C=O) groups excluding carboxylic acids is 1. The van der Waals surface area contributed by atoms with E-state index in [2.05, 4.69) is 5.10 Å². The molecule has 1 aliphatic heterocycles. The predicted octanol–water partition coefficient (Wildman–Crippen LogP) is 1.13. The Labute approximate surface area is 129 Å². The number of hydrogen-bond acceptors (Lipinski definition) is 4. The van der Waals surface area contributed by atoms with Crippen LogP contribution in [0, 0.1) is 0 Å². The van der Waals surface area contributed by atoms with Crippen LogP contribution in [0.3, 0.4) is 0 Å². The second kappa shape index (κ2) is 6.08. The maximum Gasteiger partial charge on any atom is 0.334 e. The van der Waals surface area contributed by atoms with Crippen molar-refractivity contribution in [1.82, 2.24) is 14.7 Å². The first kappa shape index (κ1) is 16.5. The van der Waals surface area contributed by atoms with Crippen LogP contribution in [0.25, 0.3) is 0 Å². The highest BCUT2D eigenvalue weighted by Crippen LogP contribution is 2.21. The molecule has 0 aromatic carbocycles. The smallest absolute Gasteiger partial charge is 0.334 e. The number of nitrogens with zero attached hydrogens (tertiary/aromatic N) is 3. The van der Waals surface area contributed by atoms with Gasteiger partial charge >= 0.3 is 5.97 Å². The Bertz CT molecular complexity index is 574. The number of rotatable bonds is 3. The Balaban J connectivity index is 2.26. The van der Waals surface area contributed by atoms with Gasteiger partial charge in [0.25, 0.3) is 5.91 Å². The van der Waals surface area contributed by atoms with Crippen molar-refractivity contribution < 1.29 is 19.4 Å². The van der Waals surface area contributed by atoms with Gasteiger partial charge in [0.15, 0.2) is 6.10 Å². The van der Waals surface area contributed by atoms with Crippen molar-refractivity contribution >= 4 is 11.9 Å². The van der Waals surface area contributed by atoms with Gasteiger partial charge in [-0.2, -0.15) is 5.10 Å². The van der Waals surface area contributed by atoms with Gasteiger partial charge in [-0.15, -0.1) is 0 Å². The monoisotopic (exact) mass is 309 g/mol. The number of aromatic nitrogens is 2. The molecule has 0 unspecified atom stereocenters. The van der Waals surface area contributed by atoms with Crippen LogP contribution in [0.4, 0.5) is 0 Å². The topological polar surface area (TPSA) is 84.7 Å². The van der Waals surface area contributed by atoms with E-state index < -0.39 is 12.1 Å². The maximum absolute atomic E-state index is 12.7. The SMILES string of the molecule is CCc1c(C(=O)N2CCO[C@@H](C(=O)O)C2)cnn1C(C)(C)C. The van der Waals surface area contributed by atoms with Gasteiger partial charge in [0.2, 0.25) is 0 Å². The predicted molar refractivity (Wildman–Crippen MR) is 79.9 cm³/mol. The number of carbonyl (C=O) groups is 2. The van der Waals surface area contributed by atoms with E-state index in [-0.39, 0.29) is 24.6 Å². The van der Waals surface area contributed by atoms with Gasteiger partial charge in [-0.1, -0.05) is 6.92 Å². The maximum atomic E-state index is 12.7. The van der Waals surface area contributed by atoms with Crippen LogP contribution in [0.5, 0.6) is 0 Å². The highest BCUT2D eigenvalue weighted by atomic mass is 16.5. The number of morpholine rings is 1. The zero-order valence-electron chi connectivity index (χ0n) is 13.5. The van der Waals surface area contributed by atoms with E-state index >= 15 is 0 Å². The summed E-state index contributed by atoms with van der Waals surface area (Å²) in [6, 6.07) is 0. The molecule has 1 amide bonds. The first-order valence-corrected chi connectivity index (χ1v) is 7.46. The van der Waals surface area contributed by atoms with Gasteiger partial charge in [0, 0.05) is 6.54 Å². The van der Waals surface area contributed by atoms with Crippen molar-refractivity contribution in [3.05, 3.63) is 17.5 Å². The number of hydrogen-bond donors (Lipinski definition) is 1. The Morgan fingerprint density at radius 1 is 1.45 bits per heavy atom. The summed E-state index contributed by atoms with van der Waals surface area (Å²) >= 11 is 0. The summed E-state index contributed by atoms with van der Waals surface area (Å²) in [6.07, 6.45) is 1.31. The Morgan fingerprint density at radius 3 is 2.68 bits per heavy atom. The van der Waals surface area contributed by atoms with Gasteiger partial charge in [0.05, 0.1) is 36.1 Å². The fourth-order valence-corrected chi connectivity index (χ4v) is 2.62. The van der Waals surface area contributed by atoms with Crippen LogP contribution in [0.15, 0.2) is 6.20 Å². The van der Waals surface area contributed by atoms with Gasteiger partial charge in [-0.3, -0.25) is 9.48 Å². The molecule has 2 heterocycles. The average Bonchev–Trinajstić information content (AvgIpc) is 2.90. The summed E-state index contributed by atoms with van der Waals surface area (Å²) in [6.45, 7) is 8.77. The Morgan fingerprint density at radius 2 is 2.14 bits per heavy atom. The third-order valence-corrected chi connectivity index (χ3v) is 3.70. The highest BCUT2D eigenvalue weighted by Gasteiger charge is 2.32. The Kier molecular flexibility index (Phi) is 4.55. The Hall–Kier alpha value is -1.89. The minimum Gasteiger partial charge on any atom is -0.479 e. The first-order valence-electron chi connectivity index (χ1n) is 7.46. The summed E-state index contributed by atoms with van der Waals surface area (Å²) in [7, 11) is 0. The lowest BCUT2D eigenvalue weighted by molar-refractivity contribution is -0.154. The van der Waals surface area contributed by atoms with Crippen LogP contribution in [-0.4, -0.2) is 57.5 Å². The molecule has 7 nitrogen and oxygen atoms in total. The van der Waals surface area contributed by atoms with Crippen molar-refractivity contribution in [2.24, 2.45) is 0 Å². The van der Waals surface area contributed by atoms with Crippen LogP contribution < -0.4 is 0 Å². The van der Waals surface area contributed by atoms with Gasteiger partial charge < -0.3 is 14.7 Å². The molecule has 1 aliphatic rings. The normalized spacial score (nSPS) is 19.3. The van der Waals surface area contributed by atoms with Gasteiger partial charge in [-0.25, -0.2) is 4.79 Å². The number of carboxylic acid groups (broad SMARTS) is 1. The van der Waals surface area contributed by atoms with E-state index in [0.29, 0.717) is 18.5 Å². The van der Waals surface area contributed by atoms with Crippen LogP contribution in [-0.2, 0) is 21.5 Å². The van der Waals surface area contributed by atoms with Crippen molar-refractivity contribution in [3.63, 3.8) is 0 Å². The molecule has 1 saturated heterocycles. The van der Waals surface area contributed by atoms with Crippen molar-refractivity contribution in [3.8, 4) is 0 Å². The van der Waals surface area contributed by atoms with Crippen molar-refractivity contribution in [2.45, 2.75) is 45.8 Å². The number of amides is 1. The highest BCUT2D eigenvalue weighted by molar-refractivity contribution is 5.95. The molecule has 1 fully saturated rings. The first-order chi connectivity index (χ1) is 10.3. The van der Waals surface area contributed by atoms with E-state index in [0.717, 1.165) is 5.69 Å². The lowest BCUT2D eigenvalue weighted by atomic mass is 10.1. The molecule has 1 aromatic rings. The average molecular weight is 309 g/mol. The van der Waals surface area contributed by atoms with Crippen LogP contribution in [0.1, 0.15) is 43.7 Å². The second-order valence-corrected chi connectivity index (χ2v) is 6.39. The van der Waals surface area contributed by atoms with Crippen molar-refractivity contribution in [2.75, 3.05) is 19.7 Å². The minimum atomic E-state index is -1.04. The standard InChI is InChI=1S/C15H23N3O4/c1-5-11-10(8-16-18(11)15(2,3)4)13(19)17-6-7-22-12(9-17)14(20)21/h8,12H,5-7,9H2,1-4H3,(H,20,21)/t12-/m1/s1. The largest absolute Gasteiger partial charge is 0.479 e. The minimum absolute atomic E-state index is 0.0675. The molecular weight excluding hydrogens is 286 g/mol. The third kappa shape index (κ3) is 3.14. The van der Waals surface area contributed by atoms with Crippen LogP contribution in [0.2, 0.25) is 0 Å². The van der Waals surface area contributed by atoms with Crippen molar-refractivity contribution in [1.29, 1.82) is 0 Å². The lowest BCUT2D eigenvalue weighted by Crippen LogP contribution is -2.48. The molecule has 0 bridgehead atoms. The summed E-state index contributed by atoms with van der Waals surface area (Å²) in [5.74, 6) is -1.22. The van der Waals surface area contributed by atoms with Crippen LogP contribution >= 0.6 is 0 Å². The number of aliphatic carboxylic acids is 1. The molecule has 7 heteroatoms. The molecule has 0 radical (unpaired) electrons. The summed E-state index contributed by atoms with van der Waals surface area (Å²) in [5, 5.41) is 13.4. The quantitative estimate of drug-likeness (QED) is 0.904.